The lowest BCUT2D eigenvalue weighted by Crippen LogP contribution is -2.39. The fourth-order valence-electron chi connectivity index (χ4n) is 1.39. The summed E-state index contributed by atoms with van der Waals surface area (Å²) in [4.78, 5) is 17.3. The maximum atomic E-state index is 11.0. The highest BCUT2D eigenvalue weighted by molar-refractivity contribution is 9.10. The van der Waals surface area contributed by atoms with Gasteiger partial charge in [-0.2, -0.15) is 0 Å². The first kappa shape index (κ1) is 13.0. The molecule has 1 rings (SSSR count). The van der Waals surface area contributed by atoms with Gasteiger partial charge in [0.2, 0.25) is 5.91 Å². The smallest absolute Gasteiger partial charge is 0.237 e. The second-order valence-corrected chi connectivity index (χ2v) is 4.78. The van der Waals surface area contributed by atoms with Crippen molar-refractivity contribution in [3.63, 3.8) is 0 Å². The van der Waals surface area contributed by atoms with Crippen LogP contribution in [0.15, 0.2) is 16.6 Å². The number of halogens is 1. The van der Waals surface area contributed by atoms with Crippen LogP contribution in [0.4, 0.5) is 5.82 Å². The van der Waals surface area contributed by atoms with Gasteiger partial charge in [0.15, 0.2) is 0 Å². The predicted molar refractivity (Wildman–Crippen MR) is 68.4 cm³/mol. The fraction of sp³-hybridized carbons (Fsp3) is 0.455. The van der Waals surface area contributed by atoms with E-state index in [2.05, 4.69) is 20.9 Å². The number of carbonyl (C=O) groups is 1. The standard InChI is InChI=1S/C11H16BrN3O/c1-7(2)15(6-10(13)16)11-5-4-9(12)8(3)14-11/h4-5,7H,6H2,1-3H3,(H2,13,16). The lowest BCUT2D eigenvalue weighted by molar-refractivity contribution is -0.116. The molecule has 2 N–H and O–H groups in total. The van der Waals surface area contributed by atoms with E-state index < -0.39 is 0 Å². The van der Waals surface area contributed by atoms with Gasteiger partial charge in [-0.3, -0.25) is 4.79 Å². The van der Waals surface area contributed by atoms with E-state index in [1.165, 1.54) is 0 Å². The lowest BCUT2D eigenvalue weighted by atomic mass is 10.3. The molecule has 1 heterocycles. The van der Waals surface area contributed by atoms with Gasteiger partial charge in [0.05, 0.1) is 12.2 Å². The van der Waals surface area contributed by atoms with E-state index in [1.54, 1.807) is 0 Å². The number of anilines is 1. The van der Waals surface area contributed by atoms with Crippen LogP contribution in [0.25, 0.3) is 0 Å². The Balaban J connectivity index is 3.01. The molecule has 0 unspecified atom stereocenters. The van der Waals surface area contributed by atoms with Gasteiger partial charge in [-0.1, -0.05) is 0 Å². The monoisotopic (exact) mass is 285 g/mol. The molecule has 0 bridgehead atoms. The molecule has 0 atom stereocenters. The molecule has 16 heavy (non-hydrogen) atoms. The normalized spacial score (nSPS) is 10.6. The summed E-state index contributed by atoms with van der Waals surface area (Å²) in [5.74, 6) is 0.422. The zero-order valence-corrected chi connectivity index (χ0v) is 11.3. The highest BCUT2D eigenvalue weighted by atomic mass is 79.9. The Morgan fingerprint density at radius 1 is 1.56 bits per heavy atom. The largest absolute Gasteiger partial charge is 0.368 e. The zero-order valence-electron chi connectivity index (χ0n) is 9.70. The van der Waals surface area contributed by atoms with Crippen molar-refractivity contribution >= 4 is 27.7 Å². The van der Waals surface area contributed by atoms with Crippen molar-refractivity contribution in [1.29, 1.82) is 0 Å². The Kier molecular flexibility index (Phi) is 4.29. The molecule has 0 saturated carbocycles. The minimum Gasteiger partial charge on any atom is -0.368 e. The van der Waals surface area contributed by atoms with Crippen molar-refractivity contribution in [3.8, 4) is 0 Å². The Morgan fingerprint density at radius 3 is 2.62 bits per heavy atom. The first-order valence-electron chi connectivity index (χ1n) is 5.10. The van der Waals surface area contributed by atoms with Crippen LogP contribution in [0.5, 0.6) is 0 Å². The number of primary amides is 1. The molecule has 0 radical (unpaired) electrons. The maximum Gasteiger partial charge on any atom is 0.237 e. The predicted octanol–water partition coefficient (Wildman–Crippen LogP) is 1.85. The Labute approximate surface area is 104 Å². The first-order chi connectivity index (χ1) is 7.41. The molecule has 0 aromatic carbocycles. The van der Waals surface area contributed by atoms with Crippen LogP contribution in [-0.2, 0) is 4.79 Å². The summed E-state index contributed by atoms with van der Waals surface area (Å²) < 4.78 is 0.957. The molecule has 1 aromatic heterocycles. The van der Waals surface area contributed by atoms with Gasteiger partial charge in [-0.25, -0.2) is 4.98 Å². The van der Waals surface area contributed by atoms with E-state index in [1.807, 2.05) is 37.8 Å². The molecular weight excluding hydrogens is 270 g/mol. The third kappa shape index (κ3) is 3.20. The van der Waals surface area contributed by atoms with Crippen molar-refractivity contribution in [2.24, 2.45) is 5.73 Å². The van der Waals surface area contributed by atoms with E-state index in [0.717, 1.165) is 16.0 Å². The minimum absolute atomic E-state index is 0.181. The van der Waals surface area contributed by atoms with Crippen molar-refractivity contribution in [1.82, 2.24) is 4.98 Å². The van der Waals surface area contributed by atoms with Gasteiger partial charge in [0.1, 0.15) is 5.82 Å². The van der Waals surface area contributed by atoms with Gasteiger partial charge in [-0.15, -0.1) is 0 Å². The molecule has 0 aliphatic carbocycles. The van der Waals surface area contributed by atoms with Gasteiger partial charge >= 0.3 is 0 Å². The molecule has 0 saturated heterocycles. The fourth-order valence-corrected chi connectivity index (χ4v) is 1.61. The maximum absolute atomic E-state index is 11.0. The van der Waals surface area contributed by atoms with Crippen molar-refractivity contribution in [2.75, 3.05) is 11.4 Å². The number of pyridine rings is 1. The highest BCUT2D eigenvalue weighted by Crippen LogP contribution is 2.20. The van der Waals surface area contributed by atoms with Gasteiger partial charge in [-0.05, 0) is 48.8 Å². The topological polar surface area (TPSA) is 59.2 Å². The van der Waals surface area contributed by atoms with Gasteiger partial charge < -0.3 is 10.6 Å². The van der Waals surface area contributed by atoms with Crippen molar-refractivity contribution in [2.45, 2.75) is 26.8 Å². The van der Waals surface area contributed by atoms with Crippen LogP contribution in [0, 0.1) is 6.92 Å². The van der Waals surface area contributed by atoms with E-state index in [-0.39, 0.29) is 18.5 Å². The molecule has 1 aromatic rings. The third-order valence-corrected chi connectivity index (χ3v) is 3.09. The van der Waals surface area contributed by atoms with Crippen molar-refractivity contribution in [3.05, 3.63) is 22.3 Å². The van der Waals surface area contributed by atoms with Crippen LogP contribution >= 0.6 is 15.9 Å². The Bertz CT molecular complexity index is 393. The molecular formula is C11H16BrN3O. The SMILES string of the molecule is Cc1nc(N(CC(N)=O)C(C)C)ccc1Br. The van der Waals surface area contributed by atoms with Gasteiger partial charge in [0, 0.05) is 10.5 Å². The molecule has 1 amide bonds. The van der Waals surface area contributed by atoms with Crippen LogP contribution in [0.1, 0.15) is 19.5 Å². The lowest BCUT2D eigenvalue weighted by Gasteiger charge is -2.26. The Hall–Kier alpha value is -1.10. The van der Waals surface area contributed by atoms with Crippen LogP contribution in [0.2, 0.25) is 0 Å². The summed E-state index contributed by atoms with van der Waals surface area (Å²) in [6, 6.07) is 3.98. The number of amides is 1. The van der Waals surface area contributed by atoms with Crippen molar-refractivity contribution < 1.29 is 4.79 Å². The number of rotatable bonds is 4. The average Bonchev–Trinajstić information content (AvgIpc) is 2.18. The number of hydrogen-bond acceptors (Lipinski definition) is 3. The summed E-state index contributed by atoms with van der Waals surface area (Å²) in [5.41, 5.74) is 6.11. The van der Waals surface area contributed by atoms with E-state index >= 15 is 0 Å². The first-order valence-corrected chi connectivity index (χ1v) is 5.89. The number of nitrogens with zero attached hydrogens (tertiary/aromatic N) is 2. The summed E-state index contributed by atoms with van der Waals surface area (Å²) in [7, 11) is 0. The summed E-state index contributed by atoms with van der Waals surface area (Å²) >= 11 is 3.39. The zero-order chi connectivity index (χ0) is 12.3. The summed E-state index contributed by atoms with van der Waals surface area (Å²) in [5, 5.41) is 0. The molecule has 5 heteroatoms. The number of carbonyl (C=O) groups excluding carboxylic acids is 1. The van der Waals surface area contributed by atoms with Crippen LogP contribution in [-0.4, -0.2) is 23.5 Å². The average molecular weight is 286 g/mol. The Morgan fingerprint density at radius 2 is 2.19 bits per heavy atom. The van der Waals surface area contributed by atoms with E-state index in [9.17, 15) is 4.79 Å². The van der Waals surface area contributed by atoms with Gasteiger partial charge in [0.25, 0.3) is 0 Å². The molecule has 0 aliphatic heterocycles. The third-order valence-electron chi connectivity index (χ3n) is 2.25. The number of aromatic nitrogens is 1. The molecule has 88 valence electrons. The quantitative estimate of drug-likeness (QED) is 0.919. The highest BCUT2D eigenvalue weighted by Gasteiger charge is 2.14. The second-order valence-electron chi connectivity index (χ2n) is 3.92. The number of nitrogens with two attached hydrogens (primary N) is 1. The second kappa shape index (κ2) is 5.30. The van der Waals surface area contributed by atoms with Crippen LogP contribution in [0.3, 0.4) is 0 Å². The molecule has 0 spiro atoms. The molecule has 4 nitrogen and oxygen atoms in total. The van der Waals surface area contributed by atoms with E-state index in [0.29, 0.717) is 0 Å². The van der Waals surface area contributed by atoms with E-state index in [4.69, 9.17) is 5.73 Å². The summed E-state index contributed by atoms with van der Waals surface area (Å²) in [6.07, 6.45) is 0. The summed E-state index contributed by atoms with van der Waals surface area (Å²) in [6.45, 7) is 6.10. The number of hydrogen-bond donors (Lipinski definition) is 1. The molecule has 0 fully saturated rings. The molecule has 0 aliphatic rings. The minimum atomic E-state index is -0.351. The number of aryl methyl sites for hydroxylation is 1. The van der Waals surface area contributed by atoms with Crippen LogP contribution < -0.4 is 10.6 Å².